The summed E-state index contributed by atoms with van der Waals surface area (Å²) < 4.78 is 44.3. The van der Waals surface area contributed by atoms with Crippen LogP contribution in [0.4, 0.5) is 29.3 Å². The number of carbonyl (C=O) groups is 1. The minimum absolute atomic E-state index is 0.0274. The molecule has 0 amide bonds. The summed E-state index contributed by atoms with van der Waals surface area (Å²) in [7, 11) is 11.4. The summed E-state index contributed by atoms with van der Waals surface area (Å²) in [5, 5.41) is 76.0. The molecule has 642 valence electrons. The molecule has 7 aromatic heterocycles. The summed E-state index contributed by atoms with van der Waals surface area (Å²) in [6.45, 7) is 35.9. The Bertz CT molecular complexity index is 5150. The predicted molar refractivity (Wildman–Crippen MR) is 481 cm³/mol. The highest BCUT2D eigenvalue weighted by atomic mass is 35.5. The molecule has 34 heteroatoms. The van der Waals surface area contributed by atoms with Crippen LogP contribution < -0.4 is 50.3 Å². The maximum absolute atomic E-state index is 15.2. The minimum Gasteiger partial charge on any atom is -0.497 e. The fraction of sp³-hybridized carbons (Fsp3) is 0.523. The van der Waals surface area contributed by atoms with Gasteiger partial charge in [-0.05, 0) is 247 Å². The maximum Gasteiger partial charge on any atom is 0.208 e. The van der Waals surface area contributed by atoms with Crippen LogP contribution in [-0.4, -0.2) is 192 Å². The summed E-state index contributed by atoms with van der Waals surface area (Å²) in [5.74, 6) is -1.06. The highest BCUT2D eigenvalue weighted by Crippen LogP contribution is 2.46. The van der Waals surface area contributed by atoms with E-state index in [1.165, 1.54) is 36.9 Å². The minimum atomic E-state index is -1.02. The van der Waals surface area contributed by atoms with Crippen LogP contribution in [0.15, 0.2) is 104 Å². The van der Waals surface area contributed by atoms with Gasteiger partial charge in [-0.15, -0.1) is 45.9 Å². The summed E-state index contributed by atoms with van der Waals surface area (Å²) in [6.07, 6.45) is 19.8. The average molecular weight is 1750 g/mol. The van der Waals surface area contributed by atoms with Gasteiger partial charge in [0.2, 0.25) is 20.5 Å². The first-order chi connectivity index (χ1) is 56.4. The van der Waals surface area contributed by atoms with Gasteiger partial charge < -0.3 is 50.3 Å². The van der Waals surface area contributed by atoms with Crippen molar-refractivity contribution in [3.8, 4) is 65.7 Å². The number of Topliss-reactive ketones (excluding diaryl/α,β-unsaturated/α-hetero) is 1. The van der Waals surface area contributed by atoms with Crippen molar-refractivity contribution in [2.75, 3.05) is 62.0 Å². The van der Waals surface area contributed by atoms with E-state index in [1.807, 2.05) is 73.9 Å². The van der Waals surface area contributed by atoms with Crippen LogP contribution in [0, 0.1) is 11.6 Å². The van der Waals surface area contributed by atoms with Crippen LogP contribution >= 0.6 is 68.5 Å². The van der Waals surface area contributed by atoms with Crippen LogP contribution in [0.2, 0.25) is 10.0 Å². The lowest BCUT2D eigenvalue weighted by Crippen LogP contribution is -2.61. The standard InChI is InChI=1S/C23H32N4O2S.C22H28F2N6OS.C21H27ClN6S.C20H26ClN7S/c1-22(2)12-15(13-23(3,4)26-22)27(5)21-25-24-20(30-21)18-9-7-14-11-16(29-6)8-10-17(14)19(18)28;1-21(2)8-13(9-22(3,4)29-21)30(5)20-28-27-19(32-20)16-15(31-6)7-14(17(23)18(16)24)12-10-25-26-11-12;1-20(2)12-15(13-21(3,4)26-20)27(5)19-25-24-18(29-19)16-8-7-14(11-17(16)22)28-10-6-9-23-28;1-19(2)11-14(12-20(3,4)25-19)27(5)18-24-23-17(29-18)15-7-6-13(10-16(15)21)28-9-8-22-26-28/h8,10-11,15,18,26H,7,9,12-13H2,1-6H3;7,10-11,13,29H,8-9H2,1-6H3,(H,25,26);6-11,15,26H,12-13H2,1-5H3;6-10,14,25H,11-12H2,1-5H3. The molecule has 0 spiro atoms. The van der Waals surface area contributed by atoms with Crippen LogP contribution in [0.5, 0.6) is 11.5 Å². The second-order valence-electron chi connectivity index (χ2n) is 37.6. The number of H-pyrrole nitrogens is 1. The Morgan fingerprint density at radius 1 is 0.483 bits per heavy atom. The van der Waals surface area contributed by atoms with Gasteiger partial charge in [-0.1, -0.05) is 73.8 Å². The number of methoxy groups -OCH3 is 2. The van der Waals surface area contributed by atoms with E-state index in [-0.39, 0.29) is 83.9 Å². The Morgan fingerprint density at radius 3 is 1.32 bits per heavy atom. The van der Waals surface area contributed by atoms with Gasteiger partial charge in [0.1, 0.15) is 16.5 Å². The van der Waals surface area contributed by atoms with Crippen LogP contribution in [0.1, 0.15) is 195 Å². The van der Waals surface area contributed by atoms with E-state index in [0.29, 0.717) is 38.9 Å². The van der Waals surface area contributed by atoms with Gasteiger partial charge in [0.15, 0.2) is 32.4 Å². The Labute approximate surface area is 728 Å². The number of hydrogen-bond donors (Lipinski definition) is 5. The molecule has 4 aromatic carbocycles. The first-order valence-corrected chi connectivity index (χ1v) is 44.5. The van der Waals surface area contributed by atoms with Crippen molar-refractivity contribution in [1.29, 1.82) is 0 Å². The number of hydrogen-bond acceptors (Lipinski definition) is 27. The molecule has 5 N–H and O–H groups in total. The number of nitrogens with zero attached hydrogens (tertiary/aromatic N) is 18. The Morgan fingerprint density at radius 2 is 0.917 bits per heavy atom. The molecule has 11 heterocycles. The van der Waals surface area contributed by atoms with E-state index >= 15 is 4.39 Å². The Kier molecular flexibility index (Phi) is 26.0. The number of aryl methyl sites for hydroxylation is 1. The molecular formula is C86H113Cl2F2N23O3S4. The monoisotopic (exact) mass is 1750 g/mol. The molecule has 0 saturated carbocycles. The summed E-state index contributed by atoms with van der Waals surface area (Å²) >= 11 is 19.1. The van der Waals surface area contributed by atoms with Crippen LogP contribution in [0.3, 0.4) is 0 Å². The fourth-order valence-corrected chi connectivity index (χ4v) is 23.1. The number of fused-ring (bicyclic) bond motifs is 1. The number of anilines is 4. The van der Waals surface area contributed by atoms with Crippen molar-refractivity contribution < 1.29 is 23.0 Å². The number of ketones is 1. The van der Waals surface area contributed by atoms with Gasteiger partial charge in [-0.2, -0.15) is 10.2 Å². The molecule has 1 atom stereocenters. The number of aromatic amines is 1. The predicted octanol–water partition coefficient (Wildman–Crippen LogP) is 17.8. The molecule has 0 bridgehead atoms. The molecule has 5 aliphatic rings. The number of piperidine rings is 4. The summed E-state index contributed by atoms with van der Waals surface area (Å²) in [4.78, 5) is 22.0. The molecule has 26 nitrogen and oxygen atoms in total. The molecule has 4 saturated heterocycles. The third kappa shape index (κ3) is 20.8. The third-order valence-corrected chi connectivity index (χ3v) is 27.8. The highest BCUT2D eigenvalue weighted by molar-refractivity contribution is 7.19. The zero-order valence-electron chi connectivity index (χ0n) is 72.7. The smallest absolute Gasteiger partial charge is 0.208 e. The molecule has 4 aliphatic heterocycles. The normalized spacial score (nSPS) is 19.6. The molecule has 0 radical (unpaired) electrons. The maximum atomic E-state index is 15.2. The van der Waals surface area contributed by atoms with E-state index in [1.54, 1.807) is 69.1 Å². The second-order valence-corrected chi connectivity index (χ2v) is 42.2. The topological polar surface area (TPSA) is 277 Å². The van der Waals surface area contributed by atoms with Crippen LogP contribution in [0.25, 0.3) is 54.2 Å². The highest BCUT2D eigenvalue weighted by Gasteiger charge is 2.45. The average Bonchev–Trinajstić information content (AvgIpc) is 1.51. The van der Waals surface area contributed by atoms with Gasteiger partial charge in [-0.25, -0.2) is 18.1 Å². The molecule has 120 heavy (non-hydrogen) atoms. The molecule has 1 unspecified atom stereocenters. The van der Waals surface area contributed by atoms with E-state index in [2.05, 4.69) is 239 Å². The molecule has 1 aliphatic carbocycles. The Hall–Kier alpha value is -8.57. The first kappa shape index (κ1) is 89.2. The first-order valence-electron chi connectivity index (χ1n) is 40.5. The third-order valence-electron chi connectivity index (χ3n) is 22.9. The number of benzene rings is 4. The van der Waals surface area contributed by atoms with Gasteiger partial charge in [0.25, 0.3) is 0 Å². The van der Waals surface area contributed by atoms with Crippen molar-refractivity contribution in [2.24, 2.45) is 0 Å². The van der Waals surface area contributed by atoms with Gasteiger partial charge >= 0.3 is 0 Å². The van der Waals surface area contributed by atoms with Crippen molar-refractivity contribution in [3.05, 3.63) is 142 Å². The van der Waals surface area contributed by atoms with Crippen molar-refractivity contribution >= 4 is 94.9 Å². The molecule has 16 rings (SSSR count). The zero-order valence-corrected chi connectivity index (χ0v) is 77.5. The second kappa shape index (κ2) is 35.0. The fourth-order valence-electron chi connectivity index (χ4n) is 18.7. The van der Waals surface area contributed by atoms with Crippen molar-refractivity contribution in [3.63, 3.8) is 0 Å². The number of nitrogens with one attached hydrogen (secondary N) is 5. The van der Waals surface area contributed by atoms with Gasteiger partial charge in [-0.3, -0.25) is 9.89 Å². The van der Waals surface area contributed by atoms with Crippen LogP contribution in [-0.2, 0) is 6.42 Å². The SMILES string of the molecule is CN(c1nnc(-c2ccc(-n3cccn3)cc2Cl)s1)C1CC(C)(C)NC(C)(C)C1.CN(c1nnc(-c2ccc(-n3ccnn3)cc2Cl)s1)C1CC(C)(C)NC(C)(C)C1.COc1cc(-c2cn[nH]c2)c(F)c(F)c1-c1nnc(N(C)C2CC(C)(C)NC(C)(C)C2)s1.COc1ccc2c(c1)CCC(c1nnc(N(C)C3CC(C)(C)NC(C)(C)C3)s1)C2=O. The van der Waals surface area contributed by atoms with Gasteiger partial charge in [0, 0.05) is 143 Å². The van der Waals surface area contributed by atoms with E-state index in [4.69, 9.17) is 32.7 Å². The number of rotatable bonds is 17. The number of carbonyl (C=O) groups excluding carboxylic acids is 1. The quantitative estimate of drug-likeness (QED) is 0.0566. The van der Waals surface area contributed by atoms with Crippen molar-refractivity contribution in [2.45, 2.75) is 249 Å². The molecule has 11 aromatic rings. The number of aromatic nitrogens is 15. The van der Waals surface area contributed by atoms with E-state index < -0.39 is 11.6 Å². The molecule has 4 fully saturated rings. The largest absolute Gasteiger partial charge is 0.497 e. The van der Waals surface area contributed by atoms with Gasteiger partial charge in [0.05, 0.1) is 65.7 Å². The van der Waals surface area contributed by atoms with E-state index in [9.17, 15) is 9.18 Å². The lowest BCUT2D eigenvalue weighted by atomic mass is 9.79. The summed E-state index contributed by atoms with van der Waals surface area (Å²) in [5.41, 5.74) is 6.27. The Balaban J connectivity index is 0.000000138. The number of halogens is 4. The lowest BCUT2D eigenvalue weighted by Gasteiger charge is -2.48. The summed E-state index contributed by atoms with van der Waals surface area (Å²) in [6, 6.07) is 22.2. The zero-order chi connectivity index (χ0) is 86.6. The van der Waals surface area contributed by atoms with Crippen molar-refractivity contribution in [1.82, 2.24) is 97.0 Å². The lowest BCUT2D eigenvalue weighted by molar-refractivity contribution is 0.0945. The molecular weight excluding hydrogens is 1640 g/mol. The number of ether oxygens (including phenoxy) is 2. The van der Waals surface area contributed by atoms with E-state index in [0.717, 1.165) is 134 Å².